The summed E-state index contributed by atoms with van der Waals surface area (Å²) in [6, 6.07) is 10.2. The van der Waals surface area contributed by atoms with Crippen LogP contribution in [-0.2, 0) is 9.59 Å². The number of anilines is 1. The Hall–Kier alpha value is -2.93. The van der Waals surface area contributed by atoms with Gasteiger partial charge < -0.3 is 5.11 Å². The Morgan fingerprint density at radius 2 is 1.65 bits per heavy atom. The minimum absolute atomic E-state index is 0.157. The van der Waals surface area contributed by atoms with E-state index in [1.54, 1.807) is 12.1 Å². The summed E-state index contributed by atoms with van der Waals surface area (Å²) in [7, 11) is 0. The number of amides is 1. The molecule has 1 N–H and O–H groups in total. The van der Waals surface area contributed by atoms with Crippen LogP contribution in [0.15, 0.2) is 66.5 Å². The van der Waals surface area contributed by atoms with Gasteiger partial charge in [0.25, 0.3) is 11.7 Å². The number of benzene rings is 2. The van der Waals surface area contributed by atoms with Crippen LogP contribution in [0.25, 0.3) is 5.76 Å². The van der Waals surface area contributed by atoms with Gasteiger partial charge in [-0.1, -0.05) is 34.8 Å². The molecule has 1 aromatic heterocycles. The fourth-order valence-corrected chi connectivity index (χ4v) is 3.87. The van der Waals surface area contributed by atoms with Crippen molar-refractivity contribution in [3.63, 3.8) is 0 Å². The molecule has 1 saturated heterocycles. The number of aromatic nitrogens is 1. The average molecular weight is 478 g/mol. The lowest BCUT2D eigenvalue weighted by Crippen LogP contribution is -2.29. The third-order valence-electron chi connectivity index (χ3n) is 4.84. The van der Waals surface area contributed by atoms with E-state index in [-0.39, 0.29) is 31.9 Å². The van der Waals surface area contributed by atoms with Gasteiger partial charge in [-0.05, 0) is 54.1 Å². The SMILES string of the molecule is O=C1C(=O)N(c2ccc(F)c(Cl)c2)C(c2ccncc2)/C1=C(\O)c1ccc(Cl)c(Cl)c1. The predicted octanol–water partition coefficient (Wildman–Crippen LogP) is 5.81. The molecule has 1 unspecified atom stereocenters. The largest absolute Gasteiger partial charge is 0.507 e. The van der Waals surface area contributed by atoms with Crippen LogP contribution in [0, 0.1) is 5.82 Å². The summed E-state index contributed by atoms with van der Waals surface area (Å²) in [4.78, 5) is 31.1. The van der Waals surface area contributed by atoms with Crippen LogP contribution in [0.1, 0.15) is 17.2 Å². The van der Waals surface area contributed by atoms with Crippen molar-refractivity contribution in [2.24, 2.45) is 0 Å². The maximum Gasteiger partial charge on any atom is 0.300 e. The first kappa shape index (κ1) is 21.3. The maximum absolute atomic E-state index is 13.7. The van der Waals surface area contributed by atoms with Gasteiger partial charge in [0.2, 0.25) is 0 Å². The molecule has 3 aromatic rings. The first-order valence-electron chi connectivity index (χ1n) is 8.91. The van der Waals surface area contributed by atoms with E-state index in [2.05, 4.69) is 4.98 Å². The summed E-state index contributed by atoms with van der Waals surface area (Å²) in [5.74, 6) is -2.90. The van der Waals surface area contributed by atoms with Crippen LogP contribution in [0.4, 0.5) is 10.1 Å². The molecule has 5 nitrogen and oxygen atoms in total. The van der Waals surface area contributed by atoms with Gasteiger partial charge in [-0.3, -0.25) is 19.5 Å². The highest BCUT2D eigenvalue weighted by atomic mass is 35.5. The molecule has 156 valence electrons. The van der Waals surface area contributed by atoms with Crippen LogP contribution < -0.4 is 4.90 Å². The van der Waals surface area contributed by atoms with Gasteiger partial charge in [0.05, 0.1) is 26.7 Å². The van der Waals surface area contributed by atoms with Gasteiger partial charge >= 0.3 is 0 Å². The minimum atomic E-state index is -1.00. The number of halogens is 4. The number of aliphatic hydroxyl groups excluding tert-OH is 1. The van der Waals surface area contributed by atoms with Crippen LogP contribution >= 0.6 is 34.8 Å². The Morgan fingerprint density at radius 1 is 0.935 bits per heavy atom. The zero-order valence-electron chi connectivity index (χ0n) is 15.5. The molecule has 0 spiro atoms. The fraction of sp³-hybridized carbons (Fsp3) is 0.0455. The van der Waals surface area contributed by atoms with E-state index in [9.17, 15) is 19.1 Å². The molecule has 2 heterocycles. The lowest BCUT2D eigenvalue weighted by atomic mass is 9.96. The molecule has 0 saturated carbocycles. The standard InChI is InChI=1S/C22H12Cl3FN2O3/c23-14-3-1-12(9-15(14)24)20(29)18-19(11-5-7-27-8-6-11)28(22(31)21(18)30)13-2-4-17(26)16(25)10-13/h1-10,19,29H/b20-18+. The molecule has 1 atom stereocenters. The highest BCUT2D eigenvalue weighted by Gasteiger charge is 2.47. The monoisotopic (exact) mass is 476 g/mol. The first-order valence-corrected chi connectivity index (χ1v) is 10.0. The van der Waals surface area contributed by atoms with Crippen molar-refractivity contribution < 1.29 is 19.1 Å². The van der Waals surface area contributed by atoms with E-state index in [1.807, 2.05) is 0 Å². The molecule has 0 radical (unpaired) electrons. The number of carbonyl (C=O) groups is 2. The summed E-state index contributed by atoms with van der Waals surface area (Å²) in [6.45, 7) is 0. The molecule has 0 aliphatic carbocycles. The number of aliphatic hydroxyl groups is 1. The van der Waals surface area contributed by atoms with Gasteiger partial charge in [-0.25, -0.2) is 4.39 Å². The zero-order chi connectivity index (χ0) is 22.3. The van der Waals surface area contributed by atoms with Crippen LogP contribution in [-0.4, -0.2) is 21.8 Å². The number of hydrogen-bond donors (Lipinski definition) is 1. The van der Waals surface area contributed by atoms with E-state index in [4.69, 9.17) is 34.8 Å². The lowest BCUT2D eigenvalue weighted by Gasteiger charge is -2.25. The molecule has 31 heavy (non-hydrogen) atoms. The first-order chi connectivity index (χ1) is 14.8. The number of ketones is 1. The normalized spacial score (nSPS) is 17.9. The molecule has 0 bridgehead atoms. The third-order valence-corrected chi connectivity index (χ3v) is 5.87. The number of Topliss-reactive ketones (excluding diaryl/α,β-unsaturated/α-hetero) is 1. The van der Waals surface area contributed by atoms with Crippen molar-refractivity contribution >= 4 is 57.9 Å². The predicted molar refractivity (Wildman–Crippen MR) is 117 cm³/mol. The molecule has 1 aliphatic heterocycles. The Balaban J connectivity index is 1.95. The van der Waals surface area contributed by atoms with Crippen molar-refractivity contribution in [1.29, 1.82) is 0 Å². The number of hydrogen-bond acceptors (Lipinski definition) is 4. The highest BCUT2D eigenvalue weighted by Crippen LogP contribution is 2.43. The molecule has 1 aliphatic rings. The lowest BCUT2D eigenvalue weighted by molar-refractivity contribution is -0.132. The molecule has 9 heteroatoms. The number of nitrogens with zero attached hydrogens (tertiary/aromatic N) is 2. The van der Waals surface area contributed by atoms with Crippen molar-refractivity contribution in [3.05, 3.63) is 98.5 Å². The smallest absolute Gasteiger partial charge is 0.300 e. The number of pyridine rings is 1. The van der Waals surface area contributed by atoms with Gasteiger partial charge in [0.15, 0.2) is 0 Å². The number of rotatable bonds is 3. The van der Waals surface area contributed by atoms with Crippen molar-refractivity contribution in [3.8, 4) is 0 Å². The summed E-state index contributed by atoms with van der Waals surface area (Å²) in [5.41, 5.74) is 0.762. The van der Waals surface area contributed by atoms with Crippen LogP contribution in [0.5, 0.6) is 0 Å². The van der Waals surface area contributed by atoms with E-state index in [0.29, 0.717) is 5.56 Å². The Labute approximate surface area is 191 Å². The van der Waals surface area contributed by atoms with Crippen molar-refractivity contribution in [2.45, 2.75) is 6.04 Å². The second kappa shape index (κ2) is 8.30. The van der Waals surface area contributed by atoms with Crippen LogP contribution in [0.3, 0.4) is 0 Å². The third kappa shape index (κ3) is 3.78. The quantitative estimate of drug-likeness (QED) is 0.294. The average Bonchev–Trinajstić information content (AvgIpc) is 3.03. The maximum atomic E-state index is 13.7. The summed E-state index contributed by atoms with van der Waals surface area (Å²) < 4.78 is 13.7. The van der Waals surface area contributed by atoms with Gasteiger partial charge in [0, 0.05) is 23.6 Å². The molecule has 4 rings (SSSR count). The number of carbonyl (C=O) groups excluding carboxylic acids is 2. The summed E-state index contributed by atoms with van der Waals surface area (Å²) in [6.07, 6.45) is 2.98. The molecule has 1 fully saturated rings. The summed E-state index contributed by atoms with van der Waals surface area (Å²) >= 11 is 17.9. The van der Waals surface area contributed by atoms with E-state index in [0.717, 1.165) is 11.0 Å². The molecular weight excluding hydrogens is 466 g/mol. The van der Waals surface area contributed by atoms with Crippen molar-refractivity contribution in [1.82, 2.24) is 4.98 Å². The van der Waals surface area contributed by atoms with Crippen molar-refractivity contribution in [2.75, 3.05) is 4.90 Å². The van der Waals surface area contributed by atoms with Gasteiger partial charge in [-0.15, -0.1) is 0 Å². The van der Waals surface area contributed by atoms with Gasteiger partial charge in [-0.2, -0.15) is 0 Å². The molecular formula is C22H12Cl3FN2O3. The molecule has 2 aromatic carbocycles. The fourth-order valence-electron chi connectivity index (χ4n) is 3.39. The van der Waals surface area contributed by atoms with E-state index < -0.39 is 29.3 Å². The Kier molecular flexibility index (Phi) is 5.71. The summed E-state index contributed by atoms with van der Waals surface area (Å²) in [5, 5.41) is 11.2. The zero-order valence-corrected chi connectivity index (χ0v) is 17.8. The van der Waals surface area contributed by atoms with E-state index in [1.165, 1.54) is 42.7 Å². The Morgan fingerprint density at radius 3 is 2.29 bits per heavy atom. The topological polar surface area (TPSA) is 70.5 Å². The minimum Gasteiger partial charge on any atom is -0.507 e. The van der Waals surface area contributed by atoms with E-state index >= 15 is 0 Å². The molecule has 1 amide bonds. The highest BCUT2D eigenvalue weighted by molar-refractivity contribution is 6.52. The van der Waals surface area contributed by atoms with Gasteiger partial charge in [0.1, 0.15) is 11.6 Å². The second-order valence-electron chi connectivity index (χ2n) is 6.68. The van der Waals surface area contributed by atoms with Crippen LogP contribution in [0.2, 0.25) is 15.1 Å². The Bertz CT molecular complexity index is 1250. The second-order valence-corrected chi connectivity index (χ2v) is 7.90.